The lowest BCUT2D eigenvalue weighted by molar-refractivity contribution is -0.120. The second-order valence-electron chi connectivity index (χ2n) is 3.32. The molecule has 0 fully saturated rings. The zero-order valence-corrected chi connectivity index (χ0v) is 9.25. The maximum Gasteiger partial charge on any atom is 0.248 e. The number of hydrogen-bond donors (Lipinski definition) is 2. The molecule has 1 aromatic carbocycles. The summed E-state index contributed by atoms with van der Waals surface area (Å²) in [4.78, 5) is 11.5. The number of rotatable bonds is 0. The Bertz CT molecular complexity index is 387. The van der Waals surface area contributed by atoms with Crippen molar-refractivity contribution < 1.29 is 4.79 Å². The Balaban J connectivity index is 2.68. The molecule has 0 saturated heterocycles. The van der Waals surface area contributed by atoms with Crippen LogP contribution >= 0.6 is 22.6 Å². The van der Waals surface area contributed by atoms with E-state index in [0.29, 0.717) is 0 Å². The fourth-order valence-corrected chi connectivity index (χ4v) is 2.08. The van der Waals surface area contributed by atoms with E-state index in [-0.39, 0.29) is 5.91 Å². The van der Waals surface area contributed by atoms with Gasteiger partial charge in [0.05, 0.1) is 5.69 Å². The minimum Gasteiger partial charge on any atom is -0.323 e. The molecule has 0 saturated carbocycles. The summed E-state index contributed by atoms with van der Waals surface area (Å²) in [7, 11) is 0. The molecule has 4 heteroatoms. The van der Waals surface area contributed by atoms with Gasteiger partial charge >= 0.3 is 0 Å². The van der Waals surface area contributed by atoms with Crippen molar-refractivity contribution in [1.29, 1.82) is 0 Å². The van der Waals surface area contributed by atoms with Gasteiger partial charge in [-0.1, -0.05) is 12.1 Å². The monoisotopic (exact) mass is 288 g/mol. The van der Waals surface area contributed by atoms with Crippen molar-refractivity contribution in [1.82, 2.24) is 0 Å². The molecule has 1 aromatic rings. The van der Waals surface area contributed by atoms with Crippen LogP contribution in [0.5, 0.6) is 0 Å². The first kappa shape index (κ1) is 8.96. The third-order valence-electron chi connectivity index (χ3n) is 2.28. The molecule has 0 aliphatic carbocycles. The highest BCUT2D eigenvalue weighted by atomic mass is 127. The number of benzene rings is 1. The first-order chi connectivity index (χ1) is 6.03. The number of amides is 1. The molecule has 3 nitrogen and oxygen atoms in total. The third-order valence-corrected chi connectivity index (χ3v) is 3.18. The molecule has 1 aliphatic rings. The van der Waals surface area contributed by atoms with Gasteiger partial charge in [0.15, 0.2) is 0 Å². The zero-order chi connectivity index (χ0) is 9.64. The van der Waals surface area contributed by atoms with Gasteiger partial charge in [0.2, 0.25) is 5.91 Å². The molecule has 1 aliphatic heterocycles. The summed E-state index contributed by atoms with van der Waals surface area (Å²) in [6.45, 7) is 1.73. The van der Waals surface area contributed by atoms with Crippen molar-refractivity contribution >= 4 is 34.2 Å². The molecule has 1 atom stereocenters. The smallest absolute Gasteiger partial charge is 0.248 e. The second-order valence-corrected chi connectivity index (χ2v) is 4.48. The van der Waals surface area contributed by atoms with Gasteiger partial charge in [-0.2, -0.15) is 0 Å². The average Bonchev–Trinajstić information content (AvgIpc) is 2.28. The van der Waals surface area contributed by atoms with Crippen LogP contribution in [0.3, 0.4) is 0 Å². The van der Waals surface area contributed by atoms with E-state index in [1.807, 2.05) is 18.2 Å². The molecule has 0 spiro atoms. The normalized spacial score (nSPS) is 25.6. The lowest BCUT2D eigenvalue weighted by Crippen LogP contribution is -2.40. The maximum atomic E-state index is 11.5. The maximum absolute atomic E-state index is 11.5. The highest BCUT2D eigenvalue weighted by molar-refractivity contribution is 14.1. The molecule has 1 amide bonds. The van der Waals surface area contributed by atoms with Gasteiger partial charge in [0.25, 0.3) is 0 Å². The number of carbonyl (C=O) groups is 1. The summed E-state index contributed by atoms with van der Waals surface area (Å²) in [6, 6.07) is 5.74. The van der Waals surface area contributed by atoms with E-state index in [1.165, 1.54) is 0 Å². The average molecular weight is 288 g/mol. The van der Waals surface area contributed by atoms with E-state index in [1.54, 1.807) is 6.92 Å². The third kappa shape index (κ3) is 1.16. The highest BCUT2D eigenvalue weighted by Gasteiger charge is 2.39. The Labute approximate surface area is 89.8 Å². The zero-order valence-electron chi connectivity index (χ0n) is 7.10. The molecular weight excluding hydrogens is 279 g/mol. The van der Waals surface area contributed by atoms with E-state index in [4.69, 9.17) is 5.73 Å². The van der Waals surface area contributed by atoms with Crippen molar-refractivity contribution in [3.8, 4) is 0 Å². The van der Waals surface area contributed by atoms with Crippen molar-refractivity contribution in [2.24, 2.45) is 5.73 Å². The topological polar surface area (TPSA) is 55.1 Å². The lowest BCUT2D eigenvalue weighted by atomic mass is 9.95. The summed E-state index contributed by atoms with van der Waals surface area (Å²) in [5.41, 5.74) is 6.75. The van der Waals surface area contributed by atoms with Crippen LogP contribution in [0.2, 0.25) is 0 Å². The molecule has 1 heterocycles. The van der Waals surface area contributed by atoms with Crippen LogP contribution in [0, 0.1) is 3.57 Å². The van der Waals surface area contributed by atoms with Crippen molar-refractivity contribution in [2.45, 2.75) is 12.5 Å². The van der Waals surface area contributed by atoms with Crippen LogP contribution in [-0.2, 0) is 10.3 Å². The fraction of sp³-hybridized carbons (Fsp3) is 0.222. The van der Waals surface area contributed by atoms with Crippen LogP contribution in [-0.4, -0.2) is 5.91 Å². The van der Waals surface area contributed by atoms with E-state index in [9.17, 15) is 4.79 Å². The summed E-state index contributed by atoms with van der Waals surface area (Å²) in [5, 5.41) is 2.78. The Morgan fingerprint density at radius 2 is 2.23 bits per heavy atom. The van der Waals surface area contributed by atoms with Gasteiger partial charge in [-0.15, -0.1) is 0 Å². The minimum atomic E-state index is -0.878. The first-order valence-electron chi connectivity index (χ1n) is 3.93. The fourth-order valence-electron chi connectivity index (χ4n) is 1.45. The summed E-state index contributed by atoms with van der Waals surface area (Å²) in [5.74, 6) is -0.133. The molecule has 0 bridgehead atoms. The molecule has 3 N–H and O–H groups in total. The van der Waals surface area contributed by atoms with Gasteiger partial charge in [-0.3, -0.25) is 4.79 Å². The lowest BCUT2D eigenvalue weighted by Gasteiger charge is -2.14. The second kappa shape index (κ2) is 2.68. The number of hydrogen-bond acceptors (Lipinski definition) is 2. The van der Waals surface area contributed by atoms with Crippen LogP contribution in [0.1, 0.15) is 12.5 Å². The summed E-state index contributed by atoms with van der Waals surface area (Å²) >= 11 is 2.18. The predicted octanol–water partition coefficient (Wildman–Crippen LogP) is 1.42. The highest BCUT2D eigenvalue weighted by Crippen LogP contribution is 2.36. The van der Waals surface area contributed by atoms with Crippen LogP contribution in [0.15, 0.2) is 18.2 Å². The minimum absolute atomic E-state index is 0.133. The Hall–Kier alpha value is -0.620. The van der Waals surface area contributed by atoms with Crippen LogP contribution in [0.4, 0.5) is 5.69 Å². The van der Waals surface area contributed by atoms with Gasteiger partial charge in [0.1, 0.15) is 5.54 Å². The molecule has 13 heavy (non-hydrogen) atoms. The SMILES string of the molecule is C[C@]1(N)C(=O)Nc2c(I)cccc21. The number of halogens is 1. The van der Waals surface area contributed by atoms with E-state index in [0.717, 1.165) is 14.8 Å². The Morgan fingerprint density at radius 3 is 2.85 bits per heavy atom. The van der Waals surface area contributed by atoms with Gasteiger partial charge in [-0.05, 0) is 35.6 Å². The number of fused-ring (bicyclic) bond motifs is 1. The number of nitrogens with one attached hydrogen (secondary N) is 1. The summed E-state index contributed by atoms with van der Waals surface area (Å²) in [6.07, 6.45) is 0. The Morgan fingerprint density at radius 1 is 1.54 bits per heavy atom. The quantitative estimate of drug-likeness (QED) is 0.709. The van der Waals surface area contributed by atoms with E-state index < -0.39 is 5.54 Å². The molecule has 68 valence electrons. The standard InChI is InChI=1S/C9H9IN2O/c1-9(11)5-3-2-4-6(10)7(5)12-8(9)13/h2-4H,11H2,1H3,(H,12,13)/t9-/m1/s1. The molecule has 0 radical (unpaired) electrons. The molecular formula is C9H9IN2O. The number of nitrogens with two attached hydrogens (primary N) is 1. The molecule has 0 aromatic heterocycles. The number of anilines is 1. The van der Waals surface area contributed by atoms with E-state index >= 15 is 0 Å². The molecule has 2 rings (SSSR count). The van der Waals surface area contributed by atoms with Gasteiger partial charge < -0.3 is 11.1 Å². The van der Waals surface area contributed by atoms with Gasteiger partial charge in [-0.25, -0.2) is 0 Å². The van der Waals surface area contributed by atoms with Crippen LogP contribution in [0.25, 0.3) is 0 Å². The van der Waals surface area contributed by atoms with Crippen molar-refractivity contribution in [3.05, 3.63) is 27.3 Å². The number of para-hydroxylation sites is 1. The predicted molar refractivity (Wildman–Crippen MR) is 59.3 cm³/mol. The molecule has 0 unspecified atom stereocenters. The Kier molecular flexibility index (Phi) is 1.85. The van der Waals surface area contributed by atoms with Crippen molar-refractivity contribution in [2.75, 3.05) is 5.32 Å². The van der Waals surface area contributed by atoms with Crippen molar-refractivity contribution in [3.63, 3.8) is 0 Å². The summed E-state index contributed by atoms with van der Waals surface area (Å²) < 4.78 is 1.03. The van der Waals surface area contributed by atoms with Crippen LogP contribution < -0.4 is 11.1 Å². The largest absolute Gasteiger partial charge is 0.323 e. The van der Waals surface area contributed by atoms with Gasteiger partial charge in [0, 0.05) is 9.13 Å². The van der Waals surface area contributed by atoms with E-state index in [2.05, 4.69) is 27.9 Å². The number of carbonyl (C=O) groups excluding carboxylic acids is 1. The first-order valence-corrected chi connectivity index (χ1v) is 5.00.